The first-order chi connectivity index (χ1) is 7.61. The molecule has 1 heterocycles. The highest BCUT2D eigenvalue weighted by Crippen LogP contribution is 2.66. The highest BCUT2D eigenvalue weighted by atomic mass is 31.1. The lowest BCUT2D eigenvalue weighted by Crippen LogP contribution is -2.14. The monoisotopic (exact) mass is 236 g/mol. The molecule has 0 saturated carbocycles. The lowest BCUT2D eigenvalue weighted by molar-refractivity contribution is 0.543. The van der Waals surface area contributed by atoms with Crippen molar-refractivity contribution in [1.29, 1.82) is 0 Å². The predicted molar refractivity (Wildman–Crippen MR) is 75.2 cm³/mol. The van der Waals surface area contributed by atoms with Gasteiger partial charge in [0, 0.05) is 0 Å². The number of rotatable bonds is 3. The molecular formula is C15H25P. The van der Waals surface area contributed by atoms with E-state index in [2.05, 4.69) is 45.9 Å². The summed E-state index contributed by atoms with van der Waals surface area (Å²) < 4.78 is 0. The average Bonchev–Trinajstić information content (AvgIpc) is 2.85. The van der Waals surface area contributed by atoms with Crippen LogP contribution in [0.3, 0.4) is 0 Å². The van der Waals surface area contributed by atoms with Gasteiger partial charge in [0.1, 0.15) is 0 Å². The second kappa shape index (κ2) is 5.05. The molecule has 1 heteroatoms. The SMILES string of the molecule is CC(C)[C@H]1CC[C@H](C(C)C)P1C1=CC=CC1. The summed E-state index contributed by atoms with van der Waals surface area (Å²) >= 11 is 0. The van der Waals surface area contributed by atoms with Crippen molar-refractivity contribution in [2.45, 2.75) is 58.3 Å². The van der Waals surface area contributed by atoms with E-state index in [-0.39, 0.29) is 7.92 Å². The summed E-state index contributed by atoms with van der Waals surface area (Å²) in [5, 5.41) is 1.78. The van der Waals surface area contributed by atoms with Crippen molar-refractivity contribution in [2.24, 2.45) is 11.8 Å². The first-order valence-electron chi connectivity index (χ1n) is 6.75. The second-order valence-corrected chi connectivity index (χ2v) is 8.61. The van der Waals surface area contributed by atoms with Crippen LogP contribution in [-0.2, 0) is 0 Å². The quantitative estimate of drug-likeness (QED) is 0.594. The van der Waals surface area contributed by atoms with Crippen molar-refractivity contribution in [3.05, 3.63) is 23.5 Å². The third-order valence-corrected chi connectivity index (χ3v) is 8.23. The molecule has 0 amide bonds. The first-order valence-corrected chi connectivity index (χ1v) is 8.23. The van der Waals surface area contributed by atoms with Gasteiger partial charge in [0.15, 0.2) is 0 Å². The van der Waals surface area contributed by atoms with Crippen molar-refractivity contribution in [2.75, 3.05) is 0 Å². The van der Waals surface area contributed by atoms with E-state index in [0.717, 1.165) is 23.2 Å². The fraction of sp³-hybridized carbons (Fsp3) is 0.733. The Morgan fingerprint density at radius 3 is 2.00 bits per heavy atom. The van der Waals surface area contributed by atoms with Gasteiger partial charge in [-0.25, -0.2) is 0 Å². The number of allylic oxidation sites excluding steroid dienone is 4. The minimum Gasteiger partial charge on any atom is -0.0801 e. The summed E-state index contributed by atoms with van der Waals surface area (Å²) in [4.78, 5) is 0. The molecule has 2 atom stereocenters. The first kappa shape index (κ1) is 12.4. The molecule has 1 saturated heterocycles. The zero-order chi connectivity index (χ0) is 11.7. The van der Waals surface area contributed by atoms with Crippen molar-refractivity contribution >= 4 is 7.92 Å². The molecule has 0 aromatic heterocycles. The van der Waals surface area contributed by atoms with Crippen LogP contribution in [0.4, 0.5) is 0 Å². The fourth-order valence-corrected chi connectivity index (χ4v) is 7.29. The maximum absolute atomic E-state index is 2.42. The van der Waals surface area contributed by atoms with Gasteiger partial charge in [-0.05, 0) is 47.7 Å². The summed E-state index contributed by atoms with van der Waals surface area (Å²) in [6.07, 6.45) is 11.2. The molecule has 0 aromatic carbocycles. The maximum Gasteiger partial charge on any atom is -0.00897 e. The predicted octanol–water partition coefficient (Wildman–Crippen LogP) is 5.16. The Labute approximate surface area is 102 Å². The van der Waals surface area contributed by atoms with Gasteiger partial charge in [0.2, 0.25) is 0 Å². The van der Waals surface area contributed by atoms with Crippen LogP contribution >= 0.6 is 7.92 Å². The smallest absolute Gasteiger partial charge is 0.00897 e. The van der Waals surface area contributed by atoms with Crippen LogP contribution in [0.2, 0.25) is 0 Å². The Morgan fingerprint density at radius 2 is 1.62 bits per heavy atom. The lowest BCUT2D eigenvalue weighted by atomic mass is 10.0. The second-order valence-electron chi connectivity index (χ2n) is 5.90. The zero-order valence-electron chi connectivity index (χ0n) is 11.1. The number of hydrogen-bond acceptors (Lipinski definition) is 0. The van der Waals surface area contributed by atoms with E-state index < -0.39 is 0 Å². The Bertz CT molecular complexity index is 283. The molecule has 0 aromatic rings. The average molecular weight is 236 g/mol. The van der Waals surface area contributed by atoms with Gasteiger partial charge in [-0.3, -0.25) is 0 Å². The van der Waals surface area contributed by atoms with Crippen molar-refractivity contribution in [3.63, 3.8) is 0 Å². The molecule has 2 aliphatic rings. The topological polar surface area (TPSA) is 0 Å². The molecule has 0 spiro atoms. The zero-order valence-corrected chi connectivity index (χ0v) is 12.0. The molecule has 16 heavy (non-hydrogen) atoms. The van der Waals surface area contributed by atoms with E-state index >= 15 is 0 Å². The van der Waals surface area contributed by atoms with Crippen LogP contribution < -0.4 is 0 Å². The summed E-state index contributed by atoms with van der Waals surface area (Å²) in [6.45, 7) is 9.69. The van der Waals surface area contributed by atoms with Crippen LogP contribution in [-0.4, -0.2) is 11.3 Å². The van der Waals surface area contributed by atoms with Gasteiger partial charge in [-0.15, -0.1) is 0 Å². The largest absolute Gasteiger partial charge is 0.0801 e. The van der Waals surface area contributed by atoms with Crippen LogP contribution in [0.25, 0.3) is 0 Å². The van der Waals surface area contributed by atoms with Crippen molar-refractivity contribution in [3.8, 4) is 0 Å². The molecule has 0 nitrogen and oxygen atoms in total. The van der Waals surface area contributed by atoms with Gasteiger partial charge in [0.05, 0.1) is 0 Å². The van der Waals surface area contributed by atoms with E-state index in [4.69, 9.17) is 0 Å². The highest BCUT2D eigenvalue weighted by molar-refractivity contribution is 7.63. The molecule has 1 fully saturated rings. The number of hydrogen-bond donors (Lipinski definition) is 0. The standard InChI is InChI=1S/C15H25P/c1-11(2)14-9-10-15(12(3)4)16(14)13-7-5-6-8-13/h5-7,11-12,14-15H,8-10H2,1-4H3/t14-,15-/m1/s1. The molecule has 0 bridgehead atoms. The third kappa shape index (κ3) is 2.28. The van der Waals surface area contributed by atoms with Crippen LogP contribution in [0, 0.1) is 11.8 Å². The van der Waals surface area contributed by atoms with Crippen LogP contribution in [0.15, 0.2) is 23.5 Å². The van der Waals surface area contributed by atoms with Gasteiger partial charge >= 0.3 is 0 Å². The van der Waals surface area contributed by atoms with Gasteiger partial charge in [0.25, 0.3) is 0 Å². The molecule has 2 rings (SSSR count). The molecule has 0 N–H and O–H groups in total. The van der Waals surface area contributed by atoms with Crippen LogP contribution in [0.1, 0.15) is 47.0 Å². The Balaban J connectivity index is 2.18. The molecule has 1 aliphatic heterocycles. The molecule has 0 radical (unpaired) electrons. The Kier molecular flexibility index (Phi) is 3.90. The van der Waals surface area contributed by atoms with E-state index in [1.807, 2.05) is 0 Å². The maximum atomic E-state index is 2.42. The van der Waals surface area contributed by atoms with Gasteiger partial charge < -0.3 is 0 Å². The fourth-order valence-electron chi connectivity index (χ4n) is 3.23. The van der Waals surface area contributed by atoms with E-state index in [0.29, 0.717) is 0 Å². The lowest BCUT2D eigenvalue weighted by Gasteiger charge is -2.31. The van der Waals surface area contributed by atoms with Crippen LogP contribution in [0.5, 0.6) is 0 Å². The molecule has 90 valence electrons. The summed E-state index contributed by atoms with van der Waals surface area (Å²) in [7, 11) is 0.147. The van der Waals surface area contributed by atoms with E-state index in [9.17, 15) is 0 Å². The van der Waals surface area contributed by atoms with Crippen molar-refractivity contribution < 1.29 is 0 Å². The van der Waals surface area contributed by atoms with Crippen molar-refractivity contribution in [1.82, 2.24) is 0 Å². The molecule has 1 aliphatic carbocycles. The summed E-state index contributed by atoms with van der Waals surface area (Å²) in [6, 6.07) is 0. The Morgan fingerprint density at radius 1 is 1.06 bits per heavy atom. The minimum absolute atomic E-state index is 0.147. The summed E-state index contributed by atoms with van der Waals surface area (Å²) in [5.74, 6) is 1.74. The molecular weight excluding hydrogens is 211 g/mol. The molecule has 0 unspecified atom stereocenters. The third-order valence-electron chi connectivity index (χ3n) is 4.10. The van der Waals surface area contributed by atoms with E-state index in [1.54, 1.807) is 5.31 Å². The van der Waals surface area contributed by atoms with E-state index in [1.165, 1.54) is 19.3 Å². The van der Waals surface area contributed by atoms with Gasteiger partial charge in [-0.2, -0.15) is 0 Å². The van der Waals surface area contributed by atoms with Gasteiger partial charge in [-0.1, -0.05) is 53.8 Å². The normalized spacial score (nSPS) is 30.8. The highest BCUT2D eigenvalue weighted by Gasteiger charge is 2.40. The summed E-state index contributed by atoms with van der Waals surface area (Å²) in [5.41, 5.74) is 1.99. The Hall–Kier alpha value is -0.0900. The minimum atomic E-state index is 0.147.